The van der Waals surface area contributed by atoms with Crippen LogP contribution in [0.15, 0.2) is 53.4 Å². The monoisotopic (exact) mass is 477 g/mol. The molecule has 4 saturated carbocycles. The highest BCUT2D eigenvalue weighted by atomic mass is 35.5. The molecule has 0 spiro atoms. The molecule has 8 heteroatoms. The van der Waals surface area contributed by atoms with Gasteiger partial charge in [-0.15, -0.1) is 11.6 Å². The Labute approximate surface area is 192 Å². The SMILES string of the molecule is CN(c1ccc(OC(=O)C23C[C@H]4C[C@@H](CC(Cl)(C4)C2)C3)cc1)S(=O)(=O)c1ccccc1F. The minimum Gasteiger partial charge on any atom is -0.426 e. The first-order chi connectivity index (χ1) is 15.1. The van der Waals surface area contributed by atoms with Gasteiger partial charge in [0.25, 0.3) is 10.0 Å². The number of esters is 1. The molecule has 170 valence electrons. The lowest BCUT2D eigenvalue weighted by Gasteiger charge is -2.58. The fourth-order valence-corrected chi connectivity index (χ4v) is 8.22. The maximum Gasteiger partial charge on any atom is 0.317 e. The van der Waals surface area contributed by atoms with Crippen molar-refractivity contribution in [3.63, 3.8) is 0 Å². The summed E-state index contributed by atoms with van der Waals surface area (Å²) in [5.74, 6) is 0.283. The quantitative estimate of drug-likeness (QED) is 0.340. The van der Waals surface area contributed by atoms with E-state index in [1.54, 1.807) is 24.3 Å². The Hall–Kier alpha value is -2.12. The van der Waals surface area contributed by atoms with Gasteiger partial charge in [-0.25, -0.2) is 12.8 Å². The number of anilines is 1. The van der Waals surface area contributed by atoms with Gasteiger partial charge < -0.3 is 4.74 Å². The molecule has 4 fully saturated rings. The zero-order valence-corrected chi connectivity index (χ0v) is 19.3. The Morgan fingerprint density at radius 2 is 1.69 bits per heavy atom. The maximum absolute atomic E-state index is 14.0. The van der Waals surface area contributed by atoms with Crippen molar-refractivity contribution in [2.75, 3.05) is 11.4 Å². The molecule has 4 aliphatic carbocycles. The van der Waals surface area contributed by atoms with Gasteiger partial charge in [-0.2, -0.15) is 0 Å². The van der Waals surface area contributed by atoms with Crippen molar-refractivity contribution < 1.29 is 22.3 Å². The number of carbonyl (C=O) groups excluding carboxylic acids is 1. The van der Waals surface area contributed by atoms with Crippen LogP contribution in [-0.4, -0.2) is 26.3 Å². The number of rotatable bonds is 5. The zero-order valence-electron chi connectivity index (χ0n) is 17.8. The van der Waals surface area contributed by atoms with Crippen molar-refractivity contribution in [3.8, 4) is 5.75 Å². The summed E-state index contributed by atoms with van der Waals surface area (Å²) in [6.45, 7) is 0. The van der Waals surface area contributed by atoms with Crippen molar-refractivity contribution in [3.05, 3.63) is 54.3 Å². The molecule has 0 aliphatic heterocycles. The smallest absolute Gasteiger partial charge is 0.317 e. The van der Waals surface area contributed by atoms with Crippen molar-refractivity contribution in [1.29, 1.82) is 0 Å². The molecule has 6 rings (SSSR count). The van der Waals surface area contributed by atoms with Crippen LogP contribution >= 0.6 is 11.6 Å². The molecule has 0 unspecified atom stereocenters. The van der Waals surface area contributed by atoms with E-state index in [-0.39, 0.29) is 10.8 Å². The van der Waals surface area contributed by atoms with E-state index in [4.69, 9.17) is 16.3 Å². The number of benzene rings is 2. The summed E-state index contributed by atoms with van der Waals surface area (Å²) >= 11 is 6.83. The van der Waals surface area contributed by atoms with Crippen LogP contribution in [0.4, 0.5) is 10.1 Å². The normalized spacial score (nSPS) is 30.8. The lowest BCUT2D eigenvalue weighted by atomic mass is 9.49. The topological polar surface area (TPSA) is 63.7 Å². The summed E-state index contributed by atoms with van der Waals surface area (Å²) in [5, 5.41) is 0. The van der Waals surface area contributed by atoms with Gasteiger partial charge in [0, 0.05) is 11.9 Å². The second-order valence-electron chi connectivity index (χ2n) is 9.68. The fourth-order valence-electron chi connectivity index (χ4n) is 6.27. The van der Waals surface area contributed by atoms with Gasteiger partial charge in [0.15, 0.2) is 0 Å². The van der Waals surface area contributed by atoms with Crippen molar-refractivity contribution >= 4 is 33.3 Å². The third-order valence-corrected chi connectivity index (χ3v) is 9.57. The van der Waals surface area contributed by atoms with Crippen LogP contribution < -0.4 is 9.04 Å². The van der Waals surface area contributed by atoms with E-state index in [1.807, 2.05) is 0 Å². The summed E-state index contributed by atoms with van der Waals surface area (Å²) in [6.07, 6.45) is 5.45. The van der Waals surface area contributed by atoms with E-state index >= 15 is 0 Å². The zero-order chi connectivity index (χ0) is 22.7. The van der Waals surface area contributed by atoms with Crippen LogP contribution in [0.1, 0.15) is 38.5 Å². The van der Waals surface area contributed by atoms with Gasteiger partial charge in [-0.3, -0.25) is 9.10 Å². The number of halogens is 2. The van der Waals surface area contributed by atoms with E-state index in [2.05, 4.69) is 0 Å². The molecule has 0 heterocycles. The minimum absolute atomic E-state index is 0.239. The Kier molecular flexibility index (Phi) is 5.06. The number of nitrogens with zero attached hydrogens (tertiary/aromatic N) is 1. The first-order valence-corrected chi connectivity index (χ1v) is 12.7. The molecule has 2 atom stereocenters. The highest BCUT2D eigenvalue weighted by molar-refractivity contribution is 7.92. The predicted octanol–water partition coefficient (Wildman–Crippen LogP) is 5.13. The number of carbonyl (C=O) groups is 1. The maximum atomic E-state index is 14.0. The number of hydrogen-bond acceptors (Lipinski definition) is 4. The third kappa shape index (κ3) is 3.59. The summed E-state index contributed by atoms with van der Waals surface area (Å²) in [5.41, 5.74) is -0.183. The van der Waals surface area contributed by atoms with Crippen LogP contribution in [0.2, 0.25) is 0 Å². The second-order valence-corrected chi connectivity index (χ2v) is 12.4. The van der Waals surface area contributed by atoms with Crippen molar-refractivity contribution in [2.24, 2.45) is 17.3 Å². The summed E-state index contributed by atoms with van der Waals surface area (Å²) in [7, 11) is -2.70. The number of hydrogen-bond donors (Lipinski definition) is 0. The van der Waals surface area contributed by atoms with Crippen LogP contribution in [0.5, 0.6) is 5.75 Å². The number of ether oxygens (including phenoxy) is 1. The summed E-state index contributed by atoms with van der Waals surface area (Å²) in [6, 6.07) is 11.5. The molecule has 5 nitrogen and oxygen atoms in total. The Balaban J connectivity index is 1.32. The first-order valence-electron chi connectivity index (χ1n) is 10.9. The third-order valence-electron chi connectivity index (χ3n) is 7.31. The molecule has 0 N–H and O–H groups in total. The lowest BCUT2D eigenvalue weighted by molar-refractivity contribution is -0.160. The largest absolute Gasteiger partial charge is 0.426 e. The standard InChI is InChI=1S/C24H25ClFNO4S/c1-27(32(29,30)21-5-3-2-4-20(21)26)18-6-8-19(9-7-18)31-22(28)23-11-16-10-17(12-23)14-24(25,13-16)15-23/h2-9,16-17H,10-15H2,1H3/t16-,17-,23?,24?/m1/s1. The number of alkyl halides is 1. The molecule has 4 bridgehead atoms. The van der Waals surface area contributed by atoms with Gasteiger partial charge in [-0.1, -0.05) is 12.1 Å². The van der Waals surface area contributed by atoms with E-state index < -0.39 is 26.2 Å². The first kappa shape index (κ1) is 21.7. The molecule has 32 heavy (non-hydrogen) atoms. The average molecular weight is 478 g/mol. The minimum atomic E-state index is -4.06. The molecular formula is C24H25ClFNO4S. The highest BCUT2D eigenvalue weighted by Crippen LogP contribution is 2.64. The van der Waals surface area contributed by atoms with Crippen LogP contribution in [0, 0.1) is 23.1 Å². The molecular weight excluding hydrogens is 453 g/mol. The molecule has 0 amide bonds. The predicted molar refractivity (Wildman–Crippen MR) is 120 cm³/mol. The van der Waals surface area contributed by atoms with Crippen LogP contribution in [-0.2, 0) is 14.8 Å². The molecule has 0 aromatic heterocycles. The van der Waals surface area contributed by atoms with E-state index in [9.17, 15) is 17.6 Å². The van der Waals surface area contributed by atoms with E-state index in [1.165, 1.54) is 25.2 Å². The molecule has 2 aromatic carbocycles. The van der Waals surface area contributed by atoms with Gasteiger partial charge in [0.2, 0.25) is 0 Å². The Bertz CT molecular complexity index is 1150. The number of sulfonamides is 1. The Morgan fingerprint density at radius 3 is 2.28 bits per heavy atom. The second kappa shape index (κ2) is 7.45. The van der Waals surface area contributed by atoms with Gasteiger partial charge in [0.1, 0.15) is 16.5 Å². The summed E-state index contributed by atoms with van der Waals surface area (Å²) in [4.78, 5) is 12.5. The molecule has 0 saturated heterocycles. The molecule has 0 radical (unpaired) electrons. The average Bonchev–Trinajstić information content (AvgIpc) is 2.72. The molecule has 4 aliphatic rings. The highest BCUT2D eigenvalue weighted by Gasteiger charge is 2.60. The van der Waals surface area contributed by atoms with Crippen molar-refractivity contribution in [2.45, 2.75) is 48.3 Å². The van der Waals surface area contributed by atoms with Crippen molar-refractivity contribution in [1.82, 2.24) is 0 Å². The van der Waals surface area contributed by atoms with Gasteiger partial charge >= 0.3 is 5.97 Å². The summed E-state index contributed by atoms with van der Waals surface area (Å²) < 4.78 is 46.4. The fraction of sp³-hybridized carbons (Fsp3) is 0.458. The molecule has 2 aromatic rings. The van der Waals surface area contributed by atoms with Crippen LogP contribution in [0.3, 0.4) is 0 Å². The van der Waals surface area contributed by atoms with Crippen LogP contribution in [0.25, 0.3) is 0 Å². The van der Waals surface area contributed by atoms with E-state index in [0.717, 1.165) is 42.5 Å². The van der Waals surface area contributed by atoms with Gasteiger partial charge in [0.05, 0.1) is 11.1 Å². The Morgan fingerprint density at radius 1 is 1.06 bits per heavy atom. The van der Waals surface area contributed by atoms with Gasteiger partial charge in [-0.05, 0) is 86.8 Å². The lowest BCUT2D eigenvalue weighted by Crippen LogP contribution is -2.56. The van der Waals surface area contributed by atoms with E-state index in [0.29, 0.717) is 29.7 Å².